The lowest BCUT2D eigenvalue weighted by atomic mass is 10.2. The summed E-state index contributed by atoms with van der Waals surface area (Å²) in [7, 11) is 3.22. The number of nitrogens with zero attached hydrogens (tertiary/aromatic N) is 4. The fraction of sp³-hybridized carbons (Fsp3) is 0.185. The lowest BCUT2D eigenvalue weighted by Gasteiger charge is -2.15. The molecule has 0 radical (unpaired) electrons. The SMILES string of the molecule is CCN(C)C(=O)Nc1cc(Oc2cc(F)c(NC(=O)c3c(C)n(C)n(-c4ccccc4)c3=O)cc2F)ccn1. The summed E-state index contributed by atoms with van der Waals surface area (Å²) in [5, 5.41) is 4.85. The highest BCUT2D eigenvalue weighted by Crippen LogP contribution is 2.30. The fourth-order valence-electron chi connectivity index (χ4n) is 3.74. The van der Waals surface area contributed by atoms with E-state index >= 15 is 0 Å². The Hall–Kier alpha value is -5.00. The predicted octanol–water partition coefficient (Wildman–Crippen LogP) is 4.69. The number of ether oxygens (including phenoxy) is 1. The van der Waals surface area contributed by atoms with Crippen LogP contribution in [0, 0.1) is 18.6 Å². The zero-order valence-electron chi connectivity index (χ0n) is 21.7. The van der Waals surface area contributed by atoms with Gasteiger partial charge in [-0.15, -0.1) is 0 Å². The van der Waals surface area contributed by atoms with Crippen LogP contribution < -0.4 is 20.9 Å². The van der Waals surface area contributed by atoms with Gasteiger partial charge in [0.1, 0.15) is 17.1 Å². The predicted molar refractivity (Wildman–Crippen MR) is 142 cm³/mol. The fourth-order valence-corrected chi connectivity index (χ4v) is 3.74. The maximum atomic E-state index is 14.9. The van der Waals surface area contributed by atoms with Crippen molar-refractivity contribution < 1.29 is 23.1 Å². The third-order valence-electron chi connectivity index (χ3n) is 6.07. The minimum atomic E-state index is -0.983. The summed E-state index contributed by atoms with van der Waals surface area (Å²) in [6, 6.07) is 12.6. The number of amides is 3. The summed E-state index contributed by atoms with van der Waals surface area (Å²) in [4.78, 5) is 43.5. The number of hydrogen-bond acceptors (Lipinski definition) is 5. The average Bonchev–Trinajstić information content (AvgIpc) is 3.14. The van der Waals surface area contributed by atoms with Gasteiger partial charge in [-0.1, -0.05) is 18.2 Å². The van der Waals surface area contributed by atoms with Crippen LogP contribution in [0.3, 0.4) is 0 Å². The van der Waals surface area contributed by atoms with Crippen molar-refractivity contribution in [2.45, 2.75) is 13.8 Å². The molecule has 0 unspecified atom stereocenters. The van der Waals surface area contributed by atoms with Crippen LogP contribution >= 0.6 is 0 Å². The first-order valence-electron chi connectivity index (χ1n) is 11.9. The van der Waals surface area contributed by atoms with Gasteiger partial charge in [-0.05, 0) is 32.0 Å². The van der Waals surface area contributed by atoms with E-state index in [2.05, 4.69) is 15.6 Å². The minimum absolute atomic E-state index is 0.0934. The molecule has 12 heteroatoms. The minimum Gasteiger partial charge on any atom is -0.454 e. The molecule has 0 saturated heterocycles. The van der Waals surface area contributed by atoms with E-state index in [0.29, 0.717) is 17.9 Å². The van der Waals surface area contributed by atoms with Gasteiger partial charge in [0, 0.05) is 45.0 Å². The van der Waals surface area contributed by atoms with E-state index in [9.17, 15) is 23.2 Å². The van der Waals surface area contributed by atoms with Gasteiger partial charge in [0.2, 0.25) is 0 Å². The van der Waals surface area contributed by atoms with Gasteiger partial charge in [0.15, 0.2) is 17.4 Å². The van der Waals surface area contributed by atoms with Crippen molar-refractivity contribution in [3.63, 3.8) is 0 Å². The highest BCUT2D eigenvalue weighted by atomic mass is 19.1. The van der Waals surface area contributed by atoms with E-state index in [1.165, 1.54) is 32.6 Å². The van der Waals surface area contributed by atoms with Crippen molar-refractivity contribution in [3.8, 4) is 17.2 Å². The van der Waals surface area contributed by atoms with Crippen LogP contribution in [-0.4, -0.2) is 44.8 Å². The Bertz CT molecular complexity index is 1600. The summed E-state index contributed by atoms with van der Waals surface area (Å²) >= 11 is 0. The Morgan fingerprint density at radius 1 is 1.05 bits per heavy atom. The lowest BCUT2D eigenvalue weighted by molar-refractivity contribution is 0.102. The van der Waals surface area contributed by atoms with Crippen molar-refractivity contribution >= 4 is 23.4 Å². The standard InChI is InChI=1S/C27H26F2N6O4/c1-5-33(3)27(38)32-23-13-18(11-12-30-23)39-22-15-19(28)21(14-20(22)29)31-25(36)24-16(2)34(4)35(26(24)37)17-9-7-6-8-10-17/h6-15H,5H2,1-4H3,(H,31,36)(H,30,32,38). The van der Waals surface area contributed by atoms with Gasteiger partial charge < -0.3 is 15.0 Å². The number of halogens is 2. The van der Waals surface area contributed by atoms with Crippen LogP contribution in [0.25, 0.3) is 5.69 Å². The molecule has 2 aromatic heterocycles. The molecule has 0 saturated carbocycles. The normalized spacial score (nSPS) is 10.7. The van der Waals surface area contributed by atoms with E-state index in [-0.39, 0.29) is 17.1 Å². The summed E-state index contributed by atoms with van der Waals surface area (Å²) in [6.07, 6.45) is 1.34. The van der Waals surface area contributed by atoms with Gasteiger partial charge >= 0.3 is 6.03 Å². The van der Waals surface area contributed by atoms with Gasteiger partial charge in [-0.3, -0.25) is 19.6 Å². The van der Waals surface area contributed by atoms with Crippen LogP contribution in [0.4, 0.5) is 25.1 Å². The molecule has 0 fully saturated rings. The van der Waals surface area contributed by atoms with Crippen molar-refractivity contribution in [3.05, 3.63) is 94.0 Å². The third-order valence-corrected chi connectivity index (χ3v) is 6.07. The Kier molecular flexibility index (Phi) is 7.75. The molecular weight excluding hydrogens is 510 g/mol. The number of pyridine rings is 1. The Balaban J connectivity index is 1.55. The number of aromatic nitrogens is 3. The summed E-state index contributed by atoms with van der Waals surface area (Å²) in [5.41, 5.74) is -0.397. The Labute approximate surface area is 222 Å². The van der Waals surface area contributed by atoms with E-state index < -0.39 is 40.6 Å². The second kappa shape index (κ2) is 11.2. The molecule has 10 nitrogen and oxygen atoms in total. The molecule has 0 aliphatic carbocycles. The molecule has 3 amide bonds. The second-order valence-corrected chi connectivity index (χ2v) is 8.58. The summed E-state index contributed by atoms with van der Waals surface area (Å²) in [5.74, 6) is -3.05. The highest BCUT2D eigenvalue weighted by Gasteiger charge is 2.24. The van der Waals surface area contributed by atoms with Crippen molar-refractivity contribution in [2.75, 3.05) is 24.2 Å². The zero-order chi connectivity index (χ0) is 28.3. The third kappa shape index (κ3) is 5.64. The molecule has 4 aromatic rings. The molecule has 4 rings (SSSR count). The first-order valence-corrected chi connectivity index (χ1v) is 11.9. The van der Waals surface area contributed by atoms with Crippen LogP contribution in [0.15, 0.2) is 65.6 Å². The number of rotatable bonds is 7. The molecule has 2 heterocycles. The Morgan fingerprint density at radius 2 is 1.77 bits per heavy atom. The molecule has 2 aromatic carbocycles. The smallest absolute Gasteiger partial charge is 0.322 e. The van der Waals surface area contributed by atoms with Crippen LogP contribution in [0.5, 0.6) is 11.5 Å². The number of anilines is 2. The number of hydrogen-bond donors (Lipinski definition) is 2. The number of urea groups is 1. The molecule has 0 aliphatic rings. The molecular formula is C27H26F2N6O4. The van der Waals surface area contributed by atoms with Gasteiger partial charge in [-0.25, -0.2) is 23.2 Å². The molecule has 0 atom stereocenters. The van der Waals surface area contributed by atoms with Crippen molar-refractivity contribution in [1.29, 1.82) is 0 Å². The zero-order valence-corrected chi connectivity index (χ0v) is 21.7. The first-order chi connectivity index (χ1) is 18.6. The van der Waals surface area contributed by atoms with Gasteiger partial charge in [-0.2, -0.15) is 0 Å². The van der Waals surface area contributed by atoms with E-state index in [4.69, 9.17) is 4.74 Å². The largest absolute Gasteiger partial charge is 0.454 e. The topological polar surface area (TPSA) is 110 Å². The Morgan fingerprint density at radius 3 is 2.46 bits per heavy atom. The second-order valence-electron chi connectivity index (χ2n) is 8.58. The maximum Gasteiger partial charge on any atom is 0.322 e. The lowest BCUT2D eigenvalue weighted by Crippen LogP contribution is -2.31. The van der Waals surface area contributed by atoms with Gasteiger partial charge in [0.25, 0.3) is 11.5 Å². The number of carbonyl (C=O) groups excluding carboxylic acids is 2. The molecule has 0 aliphatic heterocycles. The van der Waals surface area contributed by atoms with Crippen molar-refractivity contribution in [1.82, 2.24) is 19.2 Å². The van der Waals surface area contributed by atoms with Crippen LogP contribution in [0.2, 0.25) is 0 Å². The highest BCUT2D eigenvalue weighted by molar-refractivity contribution is 6.05. The van der Waals surface area contributed by atoms with E-state index in [1.54, 1.807) is 58.3 Å². The summed E-state index contributed by atoms with van der Waals surface area (Å²) < 4.78 is 38.1. The van der Waals surface area contributed by atoms with Crippen molar-refractivity contribution in [2.24, 2.45) is 7.05 Å². The van der Waals surface area contributed by atoms with E-state index in [0.717, 1.165) is 12.1 Å². The first kappa shape index (κ1) is 27.0. The average molecular weight is 537 g/mol. The number of nitrogens with one attached hydrogen (secondary N) is 2. The van der Waals surface area contributed by atoms with Gasteiger partial charge in [0.05, 0.1) is 17.1 Å². The quantitative estimate of drug-likeness (QED) is 0.356. The molecule has 0 bridgehead atoms. The number of benzene rings is 2. The summed E-state index contributed by atoms with van der Waals surface area (Å²) in [6.45, 7) is 3.86. The van der Waals surface area contributed by atoms with Crippen LogP contribution in [0.1, 0.15) is 23.0 Å². The molecule has 0 spiro atoms. The van der Waals surface area contributed by atoms with E-state index in [1.807, 2.05) is 0 Å². The molecule has 39 heavy (non-hydrogen) atoms. The van der Waals surface area contributed by atoms with Crippen LogP contribution in [-0.2, 0) is 7.05 Å². The monoisotopic (exact) mass is 536 g/mol. The molecule has 202 valence electrons. The number of carbonyl (C=O) groups is 2. The molecule has 2 N–H and O–H groups in total. The maximum absolute atomic E-state index is 14.9. The number of para-hydroxylation sites is 1.